The van der Waals surface area contributed by atoms with Crippen LogP contribution in [0.1, 0.15) is 6.42 Å². The summed E-state index contributed by atoms with van der Waals surface area (Å²) in [7, 11) is 0. The van der Waals surface area contributed by atoms with Crippen LogP contribution in [0.25, 0.3) is 0 Å². The van der Waals surface area contributed by atoms with Crippen molar-refractivity contribution in [2.24, 2.45) is 5.73 Å². The van der Waals surface area contributed by atoms with Gasteiger partial charge in [-0.15, -0.1) is 0 Å². The highest BCUT2D eigenvalue weighted by molar-refractivity contribution is 5.10. The van der Waals surface area contributed by atoms with Gasteiger partial charge in [-0.2, -0.15) is 0 Å². The Morgan fingerprint density at radius 2 is 2.30 bits per heavy atom. The topological polar surface area (TPSA) is 38.5 Å². The van der Waals surface area contributed by atoms with E-state index in [0.29, 0.717) is 24.3 Å². The first-order valence-corrected chi connectivity index (χ1v) is 4.01. The van der Waals surface area contributed by atoms with Gasteiger partial charge in [0.15, 0.2) is 0 Å². The summed E-state index contributed by atoms with van der Waals surface area (Å²) in [5, 5.41) is 0. The Morgan fingerprint density at radius 1 is 1.40 bits per heavy atom. The average Bonchev–Trinajstić information content (AvgIpc) is 2.44. The predicted molar refractivity (Wildman–Crippen MR) is 36.6 cm³/mol. The van der Waals surface area contributed by atoms with Crippen LogP contribution in [0.4, 0.5) is 0 Å². The molecule has 2 N–H and O–H groups in total. The summed E-state index contributed by atoms with van der Waals surface area (Å²) < 4.78 is 5.70. The summed E-state index contributed by atoms with van der Waals surface area (Å²) in [6.07, 6.45) is 2.04. The summed E-state index contributed by atoms with van der Waals surface area (Å²) in [5.74, 6) is 0. The molecule has 0 saturated carbocycles. The van der Waals surface area contributed by atoms with Crippen molar-refractivity contribution in [1.29, 1.82) is 0 Å². The van der Waals surface area contributed by atoms with Crippen LogP contribution in [-0.4, -0.2) is 42.3 Å². The monoisotopic (exact) mass is 140 g/mol. The Morgan fingerprint density at radius 3 is 2.90 bits per heavy atom. The van der Waals surface area contributed by atoms with Gasteiger partial charge in [-0.25, -0.2) is 0 Å². The van der Waals surface area contributed by atoms with Gasteiger partial charge in [-0.3, -0.25) is 4.90 Å². The van der Waals surface area contributed by atoms with Crippen LogP contribution < -0.4 is 5.73 Å². The number of hydrogen-bond donors (Lipinski definition) is 1. The third-order valence-electron chi connectivity index (χ3n) is 3.09. The van der Waals surface area contributed by atoms with Crippen molar-refractivity contribution in [3.8, 4) is 0 Å². The molecule has 3 rings (SSSR count). The van der Waals surface area contributed by atoms with Gasteiger partial charge in [0.25, 0.3) is 0 Å². The molecule has 0 aromatic rings. The normalized spacial score (nSPS) is 58.5. The van der Waals surface area contributed by atoms with Gasteiger partial charge in [0, 0.05) is 13.1 Å². The number of rotatable bonds is 0. The Labute approximate surface area is 60.1 Å². The lowest BCUT2D eigenvalue weighted by Crippen LogP contribution is -2.38. The van der Waals surface area contributed by atoms with E-state index in [1.807, 2.05) is 0 Å². The molecule has 0 spiro atoms. The first-order valence-electron chi connectivity index (χ1n) is 4.01. The molecule has 3 aliphatic rings. The molecule has 3 heteroatoms. The number of fused-ring (bicyclic) bond motifs is 1. The van der Waals surface area contributed by atoms with Crippen LogP contribution in [0.15, 0.2) is 0 Å². The molecule has 3 heterocycles. The molecule has 0 amide bonds. The maximum Gasteiger partial charge on any atom is 0.0873 e. The lowest BCUT2D eigenvalue weighted by atomic mass is 10.1. The molecule has 2 unspecified atom stereocenters. The third kappa shape index (κ3) is 0.447. The van der Waals surface area contributed by atoms with E-state index < -0.39 is 0 Å². The van der Waals surface area contributed by atoms with E-state index in [0.717, 1.165) is 6.54 Å². The zero-order chi connectivity index (χ0) is 6.72. The largest absolute Gasteiger partial charge is 0.370 e. The summed E-state index contributed by atoms with van der Waals surface area (Å²) in [5.41, 5.74) is 5.94. The van der Waals surface area contributed by atoms with Crippen molar-refractivity contribution >= 4 is 0 Å². The van der Waals surface area contributed by atoms with Crippen molar-refractivity contribution in [3.63, 3.8) is 0 Å². The number of ether oxygens (including phenoxy) is 1. The molecule has 3 saturated heterocycles. The lowest BCUT2D eigenvalue weighted by molar-refractivity contribution is 0.00885. The molecule has 4 atom stereocenters. The molecule has 2 bridgehead atoms. The smallest absolute Gasteiger partial charge is 0.0873 e. The van der Waals surface area contributed by atoms with Gasteiger partial charge in [-0.1, -0.05) is 0 Å². The summed E-state index contributed by atoms with van der Waals surface area (Å²) in [4.78, 5) is 2.48. The van der Waals surface area contributed by atoms with E-state index in [1.54, 1.807) is 0 Å². The second kappa shape index (κ2) is 1.55. The molecule has 3 nitrogen and oxygen atoms in total. The number of hydrogen-bond acceptors (Lipinski definition) is 3. The molecule has 0 radical (unpaired) electrons. The number of morpholine rings is 1. The van der Waals surface area contributed by atoms with E-state index in [2.05, 4.69) is 4.90 Å². The molecular weight excluding hydrogens is 128 g/mol. The summed E-state index contributed by atoms with van der Waals surface area (Å²) in [6, 6.07) is 0.887. The van der Waals surface area contributed by atoms with Crippen molar-refractivity contribution in [2.45, 2.75) is 30.7 Å². The van der Waals surface area contributed by atoms with E-state index in [4.69, 9.17) is 10.5 Å². The van der Waals surface area contributed by atoms with Gasteiger partial charge in [0.05, 0.1) is 24.3 Å². The minimum Gasteiger partial charge on any atom is -0.370 e. The first-order chi connectivity index (χ1) is 4.86. The van der Waals surface area contributed by atoms with Crippen LogP contribution in [0, 0.1) is 0 Å². The molecular formula is C7H12N2O. The quantitative estimate of drug-likeness (QED) is 0.477. The Balaban J connectivity index is 2.01. The Kier molecular flexibility index (Phi) is 0.854. The average molecular weight is 140 g/mol. The molecule has 56 valence electrons. The van der Waals surface area contributed by atoms with Gasteiger partial charge in [-0.05, 0) is 6.42 Å². The molecule has 0 aromatic heterocycles. The highest BCUT2D eigenvalue weighted by Gasteiger charge is 2.55. The van der Waals surface area contributed by atoms with Crippen LogP contribution >= 0.6 is 0 Å². The van der Waals surface area contributed by atoms with Crippen molar-refractivity contribution < 1.29 is 4.74 Å². The maximum atomic E-state index is 5.94. The van der Waals surface area contributed by atoms with Gasteiger partial charge in [0.2, 0.25) is 0 Å². The molecule has 3 aliphatic heterocycles. The van der Waals surface area contributed by atoms with Crippen LogP contribution in [0.3, 0.4) is 0 Å². The lowest BCUT2D eigenvalue weighted by Gasteiger charge is -2.21. The fraction of sp³-hybridized carbons (Fsp3) is 1.00. The molecule has 3 fully saturated rings. The zero-order valence-electron chi connectivity index (χ0n) is 5.86. The molecule has 10 heavy (non-hydrogen) atoms. The van der Waals surface area contributed by atoms with Crippen molar-refractivity contribution in [3.05, 3.63) is 0 Å². The predicted octanol–water partition coefficient (Wildman–Crippen LogP) is -0.831. The Hall–Kier alpha value is -0.120. The van der Waals surface area contributed by atoms with Gasteiger partial charge < -0.3 is 10.5 Å². The highest BCUT2D eigenvalue weighted by Crippen LogP contribution is 2.38. The maximum absolute atomic E-state index is 5.94. The Bertz CT molecular complexity index is 156. The third-order valence-corrected chi connectivity index (χ3v) is 3.09. The standard InChI is InChI=1S/C7H12N2O/c8-6-5-3-9-2-1-4(10-5)7(6)9/h4-7H,1-3,8H2/t4?,5?,6-,7+/m1/s1. The van der Waals surface area contributed by atoms with E-state index >= 15 is 0 Å². The minimum atomic E-state index is 0.312. The SMILES string of the molecule is N[C@@H]1C2CN3CCC(O2)[C@@H]13. The highest BCUT2D eigenvalue weighted by atomic mass is 16.5. The first kappa shape index (κ1) is 5.52. The second-order valence-electron chi connectivity index (χ2n) is 3.56. The zero-order valence-corrected chi connectivity index (χ0v) is 5.86. The van der Waals surface area contributed by atoms with Crippen LogP contribution in [0.5, 0.6) is 0 Å². The van der Waals surface area contributed by atoms with Gasteiger partial charge >= 0.3 is 0 Å². The van der Waals surface area contributed by atoms with Crippen molar-refractivity contribution in [2.75, 3.05) is 13.1 Å². The molecule has 0 aromatic carbocycles. The fourth-order valence-electron chi connectivity index (χ4n) is 2.63. The van der Waals surface area contributed by atoms with E-state index in [9.17, 15) is 0 Å². The molecule has 0 aliphatic carbocycles. The van der Waals surface area contributed by atoms with Crippen LogP contribution in [-0.2, 0) is 4.74 Å². The summed E-state index contributed by atoms with van der Waals surface area (Å²) >= 11 is 0. The number of nitrogens with zero attached hydrogens (tertiary/aromatic N) is 1. The summed E-state index contributed by atoms with van der Waals surface area (Å²) in [6.45, 7) is 2.29. The number of nitrogens with two attached hydrogens (primary N) is 1. The fourth-order valence-corrected chi connectivity index (χ4v) is 2.63. The van der Waals surface area contributed by atoms with Crippen molar-refractivity contribution in [1.82, 2.24) is 4.90 Å². The minimum absolute atomic E-state index is 0.312. The van der Waals surface area contributed by atoms with E-state index in [-0.39, 0.29) is 0 Å². The van der Waals surface area contributed by atoms with Crippen LogP contribution in [0.2, 0.25) is 0 Å². The second-order valence-corrected chi connectivity index (χ2v) is 3.56. The van der Waals surface area contributed by atoms with E-state index in [1.165, 1.54) is 13.0 Å². The van der Waals surface area contributed by atoms with Gasteiger partial charge in [0.1, 0.15) is 0 Å².